The van der Waals surface area contributed by atoms with E-state index in [1.807, 2.05) is 0 Å². The molecule has 4 nitrogen and oxygen atoms in total. The van der Waals surface area contributed by atoms with Gasteiger partial charge in [-0.15, -0.1) is 0 Å². The maximum Gasteiger partial charge on any atom is 0.225 e. The lowest BCUT2D eigenvalue weighted by Gasteiger charge is -2.02. The van der Waals surface area contributed by atoms with Crippen LogP contribution in [-0.4, -0.2) is 21.5 Å². The molecule has 0 saturated heterocycles. The number of nitrogens with one attached hydrogen (secondary N) is 1. The number of anilines is 1. The van der Waals surface area contributed by atoms with Crippen molar-refractivity contribution in [3.8, 4) is 0 Å². The maximum absolute atomic E-state index is 3.96. The zero-order valence-corrected chi connectivity index (χ0v) is 8.03. The fraction of sp³-hybridized carbons (Fsp3) is 0.667. The highest BCUT2D eigenvalue weighted by Crippen LogP contribution is 1.99. The number of hydrogen-bond acceptors (Lipinski definition) is 4. The first-order chi connectivity index (χ1) is 6.43. The Morgan fingerprint density at radius 3 is 2.62 bits per heavy atom. The molecule has 0 radical (unpaired) electrons. The average molecular weight is 180 g/mol. The topological polar surface area (TPSA) is 50.7 Å². The molecule has 0 fully saturated rings. The second-order valence-corrected chi connectivity index (χ2v) is 2.95. The molecule has 0 aliphatic carbocycles. The Bertz CT molecular complexity index is 212. The SMILES string of the molecule is CCCCCCNc1ncncn1. The summed E-state index contributed by atoms with van der Waals surface area (Å²) >= 11 is 0. The van der Waals surface area contributed by atoms with Crippen molar-refractivity contribution in [2.75, 3.05) is 11.9 Å². The quantitative estimate of drug-likeness (QED) is 0.679. The third kappa shape index (κ3) is 4.40. The van der Waals surface area contributed by atoms with Crippen LogP contribution in [0.15, 0.2) is 12.7 Å². The molecule has 0 aliphatic rings. The zero-order chi connectivity index (χ0) is 9.36. The third-order valence-corrected chi connectivity index (χ3v) is 1.81. The summed E-state index contributed by atoms with van der Waals surface area (Å²) in [5, 5.41) is 3.14. The van der Waals surface area contributed by atoms with Crippen LogP contribution in [0.5, 0.6) is 0 Å². The van der Waals surface area contributed by atoms with Crippen LogP contribution in [0.2, 0.25) is 0 Å². The summed E-state index contributed by atoms with van der Waals surface area (Å²) in [6.07, 6.45) is 8.03. The molecule has 72 valence electrons. The number of nitrogens with zero attached hydrogens (tertiary/aromatic N) is 3. The molecule has 0 aliphatic heterocycles. The first-order valence-electron chi connectivity index (χ1n) is 4.79. The summed E-state index contributed by atoms with van der Waals surface area (Å²) in [6.45, 7) is 3.16. The first kappa shape index (κ1) is 9.89. The van der Waals surface area contributed by atoms with Gasteiger partial charge in [-0.25, -0.2) is 15.0 Å². The van der Waals surface area contributed by atoms with Gasteiger partial charge < -0.3 is 5.32 Å². The molecule has 0 aromatic carbocycles. The standard InChI is InChI=1S/C9H16N4/c1-2-3-4-5-6-11-9-12-7-10-8-13-9/h7-8H,2-6H2,1H3,(H,10,11,12,13). The lowest BCUT2D eigenvalue weighted by molar-refractivity contribution is 0.683. The molecule has 0 atom stereocenters. The van der Waals surface area contributed by atoms with Gasteiger partial charge in [0, 0.05) is 6.54 Å². The summed E-state index contributed by atoms with van der Waals surface area (Å²) in [5.41, 5.74) is 0. The Labute approximate surface area is 78.8 Å². The van der Waals surface area contributed by atoms with Gasteiger partial charge in [0.15, 0.2) is 0 Å². The molecular weight excluding hydrogens is 164 g/mol. The fourth-order valence-electron chi connectivity index (χ4n) is 1.08. The normalized spacial score (nSPS) is 9.92. The minimum Gasteiger partial charge on any atom is -0.354 e. The highest BCUT2D eigenvalue weighted by molar-refractivity contribution is 5.19. The summed E-state index contributed by atoms with van der Waals surface area (Å²) in [4.78, 5) is 11.7. The van der Waals surface area contributed by atoms with Crippen molar-refractivity contribution in [1.29, 1.82) is 0 Å². The van der Waals surface area contributed by atoms with Gasteiger partial charge in [-0.1, -0.05) is 26.2 Å². The zero-order valence-electron chi connectivity index (χ0n) is 8.03. The molecular formula is C9H16N4. The van der Waals surface area contributed by atoms with Crippen molar-refractivity contribution < 1.29 is 0 Å². The molecule has 0 unspecified atom stereocenters. The van der Waals surface area contributed by atoms with Gasteiger partial charge >= 0.3 is 0 Å². The second kappa shape index (κ2) is 6.34. The molecule has 1 N–H and O–H groups in total. The van der Waals surface area contributed by atoms with Gasteiger partial charge in [0.25, 0.3) is 0 Å². The Balaban J connectivity index is 2.07. The highest BCUT2D eigenvalue weighted by atomic mass is 15.1. The largest absolute Gasteiger partial charge is 0.354 e. The molecule has 1 aromatic rings. The van der Waals surface area contributed by atoms with Gasteiger partial charge in [-0.2, -0.15) is 0 Å². The van der Waals surface area contributed by atoms with Crippen LogP contribution in [0.4, 0.5) is 5.95 Å². The maximum atomic E-state index is 3.96. The minimum atomic E-state index is 0.673. The number of unbranched alkanes of at least 4 members (excludes halogenated alkanes) is 3. The van der Waals surface area contributed by atoms with Gasteiger partial charge in [0.2, 0.25) is 5.95 Å². The van der Waals surface area contributed by atoms with Gasteiger partial charge in [0.1, 0.15) is 12.7 Å². The van der Waals surface area contributed by atoms with E-state index in [9.17, 15) is 0 Å². The molecule has 0 amide bonds. The van der Waals surface area contributed by atoms with Crippen LogP contribution < -0.4 is 5.32 Å². The lowest BCUT2D eigenvalue weighted by Crippen LogP contribution is -2.04. The van der Waals surface area contributed by atoms with Crippen LogP contribution in [0.25, 0.3) is 0 Å². The van der Waals surface area contributed by atoms with E-state index in [2.05, 4.69) is 27.2 Å². The van der Waals surface area contributed by atoms with Crippen molar-refractivity contribution >= 4 is 5.95 Å². The molecule has 0 saturated carbocycles. The smallest absolute Gasteiger partial charge is 0.225 e. The predicted octanol–water partition coefficient (Wildman–Crippen LogP) is 1.86. The molecule has 0 spiro atoms. The number of aromatic nitrogens is 3. The Morgan fingerprint density at radius 2 is 1.92 bits per heavy atom. The van der Waals surface area contributed by atoms with E-state index in [0.717, 1.165) is 6.54 Å². The van der Waals surface area contributed by atoms with E-state index >= 15 is 0 Å². The van der Waals surface area contributed by atoms with Gasteiger partial charge in [-0.05, 0) is 6.42 Å². The lowest BCUT2D eigenvalue weighted by atomic mass is 10.2. The monoisotopic (exact) mass is 180 g/mol. The highest BCUT2D eigenvalue weighted by Gasteiger charge is 1.91. The van der Waals surface area contributed by atoms with Crippen LogP contribution in [0, 0.1) is 0 Å². The van der Waals surface area contributed by atoms with Crippen LogP contribution in [0.3, 0.4) is 0 Å². The molecule has 13 heavy (non-hydrogen) atoms. The molecule has 1 rings (SSSR count). The number of rotatable bonds is 6. The van der Waals surface area contributed by atoms with Crippen molar-refractivity contribution in [3.63, 3.8) is 0 Å². The van der Waals surface area contributed by atoms with Gasteiger partial charge in [0.05, 0.1) is 0 Å². The first-order valence-corrected chi connectivity index (χ1v) is 4.79. The summed E-state index contributed by atoms with van der Waals surface area (Å²) in [6, 6.07) is 0. The molecule has 0 bridgehead atoms. The molecule has 4 heteroatoms. The van der Waals surface area contributed by atoms with Crippen LogP contribution in [0.1, 0.15) is 32.6 Å². The average Bonchev–Trinajstić information content (AvgIpc) is 2.19. The van der Waals surface area contributed by atoms with E-state index in [1.165, 1.54) is 38.3 Å². The molecule has 1 aromatic heterocycles. The summed E-state index contributed by atoms with van der Waals surface area (Å²) in [7, 11) is 0. The minimum absolute atomic E-state index is 0.673. The Hall–Kier alpha value is -1.19. The fourth-order valence-corrected chi connectivity index (χ4v) is 1.08. The van der Waals surface area contributed by atoms with Crippen LogP contribution >= 0.6 is 0 Å². The Morgan fingerprint density at radius 1 is 1.15 bits per heavy atom. The van der Waals surface area contributed by atoms with Crippen molar-refractivity contribution in [1.82, 2.24) is 15.0 Å². The van der Waals surface area contributed by atoms with Crippen molar-refractivity contribution in [3.05, 3.63) is 12.7 Å². The second-order valence-electron chi connectivity index (χ2n) is 2.95. The Kier molecular flexibility index (Phi) is 4.83. The van der Waals surface area contributed by atoms with E-state index in [1.54, 1.807) is 0 Å². The molecule has 1 heterocycles. The number of hydrogen-bond donors (Lipinski definition) is 1. The van der Waals surface area contributed by atoms with Gasteiger partial charge in [-0.3, -0.25) is 0 Å². The third-order valence-electron chi connectivity index (χ3n) is 1.81. The summed E-state index contributed by atoms with van der Waals surface area (Å²) < 4.78 is 0. The van der Waals surface area contributed by atoms with E-state index in [4.69, 9.17) is 0 Å². The van der Waals surface area contributed by atoms with E-state index in [-0.39, 0.29) is 0 Å². The van der Waals surface area contributed by atoms with E-state index in [0.29, 0.717) is 5.95 Å². The van der Waals surface area contributed by atoms with Crippen molar-refractivity contribution in [2.45, 2.75) is 32.6 Å². The van der Waals surface area contributed by atoms with E-state index < -0.39 is 0 Å². The van der Waals surface area contributed by atoms with Crippen molar-refractivity contribution in [2.24, 2.45) is 0 Å². The van der Waals surface area contributed by atoms with Crippen LogP contribution in [-0.2, 0) is 0 Å². The predicted molar refractivity (Wildman–Crippen MR) is 52.5 cm³/mol. The summed E-state index contributed by atoms with van der Waals surface area (Å²) in [5.74, 6) is 0.673.